The minimum Gasteiger partial charge on any atom is -0.493 e. The Labute approximate surface area is 122 Å². The topological polar surface area (TPSA) is 56.3 Å². The second-order valence-corrected chi connectivity index (χ2v) is 4.89. The van der Waals surface area contributed by atoms with Crippen LogP contribution in [0.4, 0.5) is 18.3 Å². The van der Waals surface area contributed by atoms with Crippen molar-refractivity contribution in [1.29, 1.82) is 0 Å². The zero-order chi connectivity index (χ0) is 15.5. The lowest BCUT2D eigenvalue weighted by atomic mass is 10.2. The van der Waals surface area contributed by atoms with Crippen molar-refractivity contribution in [2.75, 3.05) is 19.5 Å². The van der Waals surface area contributed by atoms with E-state index in [-0.39, 0.29) is 11.7 Å². The molecule has 2 rings (SSSR count). The van der Waals surface area contributed by atoms with Crippen LogP contribution in [-0.2, 0) is 12.7 Å². The van der Waals surface area contributed by atoms with Crippen LogP contribution in [0.2, 0.25) is 0 Å². The molecule has 0 fully saturated rings. The van der Waals surface area contributed by atoms with Gasteiger partial charge < -0.3 is 14.8 Å². The normalized spacial score (nSPS) is 11.3. The van der Waals surface area contributed by atoms with Crippen LogP contribution >= 0.6 is 11.3 Å². The Morgan fingerprint density at radius 3 is 2.52 bits per heavy atom. The first-order chi connectivity index (χ1) is 9.95. The van der Waals surface area contributed by atoms with Gasteiger partial charge in [0, 0.05) is 12.1 Å². The molecule has 9 heteroatoms. The number of hydrogen-bond donors (Lipinski definition) is 1. The SMILES string of the molecule is COc1cccc(CNc2nnc(C(F)(F)F)s2)c1OC. The lowest BCUT2D eigenvalue weighted by molar-refractivity contribution is -0.138. The quantitative estimate of drug-likeness (QED) is 0.917. The van der Waals surface area contributed by atoms with E-state index in [0.29, 0.717) is 22.8 Å². The Morgan fingerprint density at radius 1 is 1.19 bits per heavy atom. The molecule has 0 radical (unpaired) electrons. The molecule has 1 aromatic heterocycles. The van der Waals surface area contributed by atoms with Gasteiger partial charge in [0.2, 0.25) is 10.1 Å². The summed E-state index contributed by atoms with van der Waals surface area (Å²) >= 11 is 0.452. The summed E-state index contributed by atoms with van der Waals surface area (Å²) in [4.78, 5) is 0. The second kappa shape index (κ2) is 6.17. The average molecular weight is 319 g/mol. The molecular formula is C12H12F3N3O2S. The van der Waals surface area contributed by atoms with Gasteiger partial charge in [-0.3, -0.25) is 0 Å². The number of ether oxygens (including phenoxy) is 2. The number of aromatic nitrogens is 2. The van der Waals surface area contributed by atoms with Crippen LogP contribution in [0.25, 0.3) is 0 Å². The highest BCUT2D eigenvalue weighted by Crippen LogP contribution is 2.34. The Morgan fingerprint density at radius 2 is 1.95 bits per heavy atom. The van der Waals surface area contributed by atoms with Crippen LogP contribution in [0.15, 0.2) is 18.2 Å². The van der Waals surface area contributed by atoms with Gasteiger partial charge in [-0.1, -0.05) is 23.5 Å². The molecule has 21 heavy (non-hydrogen) atoms. The number of methoxy groups -OCH3 is 2. The number of halogens is 3. The van der Waals surface area contributed by atoms with Crippen LogP contribution in [0.5, 0.6) is 11.5 Å². The number of rotatable bonds is 5. The first-order valence-electron chi connectivity index (χ1n) is 5.80. The van der Waals surface area contributed by atoms with Crippen molar-refractivity contribution in [3.05, 3.63) is 28.8 Å². The monoisotopic (exact) mass is 319 g/mol. The lowest BCUT2D eigenvalue weighted by Gasteiger charge is -2.12. The smallest absolute Gasteiger partial charge is 0.445 e. The Balaban J connectivity index is 2.11. The second-order valence-electron chi connectivity index (χ2n) is 3.92. The number of anilines is 1. The van der Waals surface area contributed by atoms with E-state index >= 15 is 0 Å². The molecule has 5 nitrogen and oxygen atoms in total. The van der Waals surface area contributed by atoms with Gasteiger partial charge in [-0.15, -0.1) is 10.2 Å². The molecule has 114 valence electrons. The standard InChI is InChI=1S/C12H12F3N3O2S/c1-19-8-5-3-4-7(9(8)20-2)6-16-11-18-17-10(21-11)12(13,14)15/h3-5H,6H2,1-2H3,(H,16,18). The Bertz CT molecular complexity index is 616. The van der Waals surface area contributed by atoms with Crippen LogP contribution in [0.3, 0.4) is 0 Å². The van der Waals surface area contributed by atoms with Gasteiger partial charge in [-0.25, -0.2) is 0 Å². The van der Waals surface area contributed by atoms with Crippen LogP contribution < -0.4 is 14.8 Å². The van der Waals surface area contributed by atoms with Gasteiger partial charge in [-0.05, 0) is 6.07 Å². The van der Waals surface area contributed by atoms with Crippen LogP contribution in [-0.4, -0.2) is 24.4 Å². The Hall–Kier alpha value is -2.03. The molecule has 0 saturated heterocycles. The fraction of sp³-hybridized carbons (Fsp3) is 0.333. The number of nitrogens with zero attached hydrogens (tertiary/aromatic N) is 2. The predicted molar refractivity (Wildman–Crippen MR) is 71.8 cm³/mol. The fourth-order valence-corrected chi connectivity index (χ4v) is 2.28. The number of benzene rings is 1. The van der Waals surface area contributed by atoms with Crippen molar-refractivity contribution in [3.8, 4) is 11.5 Å². The van der Waals surface area contributed by atoms with Gasteiger partial charge in [0.25, 0.3) is 0 Å². The summed E-state index contributed by atoms with van der Waals surface area (Å²) in [5.41, 5.74) is 0.737. The van der Waals surface area contributed by atoms with Gasteiger partial charge in [-0.2, -0.15) is 13.2 Å². The number of nitrogens with one attached hydrogen (secondary N) is 1. The van der Waals surface area contributed by atoms with E-state index in [2.05, 4.69) is 15.5 Å². The summed E-state index contributed by atoms with van der Waals surface area (Å²) in [6.07, 6.45) is -4.48. The highest BCUT2D eigenvalue weighted by Gasteiger charge is 2.35. The zero-order valence-electron chi connectivity index (χ0n) is 11.2. The van der Waals surface area contributed by atoms with Crippen molar-refractivity contribution in [1.82, 2.24) is 10.2 Å². The zero-order valence-corrected chi connectivity index (χ0v) is 12.0. The van der Waals surface area contributed by atoms with Crippen molar-refractivity contribution in [2.24, 2.45) is 0 Å². The number of para-hydroxylation sites is 1. The van der Waals surface area contributed by atoms with Crippen molar-refractivity contribution < 1.29 is 22.6 Å². The van der Waals surface area contributed by atoms with E-state index in [9.17, 15) is 13.2 Å². The molecule has 1 N–H and O–H groups in total. The minimum atomic E-state index is -4.48. The van der Waals surface area contributed by atoms with Crippen molar-refractivity contribution in [2.45, 2.75) is 12.7 Å². The summed E-state index contributed by atoms with van der Waals surface area (Å²) in [5.74, 6) is 1.07. The first kappa shape index (κ1) is 15.4. The summed E-state index contributed by atoms with van der Waals surface area (Å²) in [6.45, 7) is 0.243. The van der Waals surface area contributed by atoms with E-state index in [1.807, 2.05) is 0 Å². The van der Waals surface area contributed by atoms with Gasteiger partial charge in [0.15, 0.2) is 11.5 Å². The average Bonchev–Trinajstić information content (AvgIpc) is 2.93. The Kier molecular flexibility index (Phi) is 4.51. The molecule has 1 aromatic carbocycles. The van der Waals surface area contributed by atoms with Crippen LogP contribution in [0, 0.1) is 0 Å². The van der Waals surface area contributed by atoms with Crippen molar-refractivity contribution >= 4 is 16.5 Å². The largest absolute Gasteiger partial charge is 0.493 e. The third-order valence-corrected chi connectivity index (χ3v) is 3.51. The summed E-state index contributed by atoms with van der Waals surface area (Å²) < 4.78 is 47.7. The van der Waals surface area contributed by atoms with E-state index in [1.54, 1.807) is 18.2 Å². The van der Waals surface area contributed by atoms with Crippen molar-refractivity contribution in [3.63, 3.8) is 0 Å². The molecule has 0 bridgehead atoms. The van der Waals surface area contributed by atoms with E-state index in [1.165, 1.54) is 14.2 Å². The third kappa shape index (κ3) is 3.54. The minimum absolute atomic E-state index is 0.0900. The summed E-state index contributed by atoms with van der Waals surface area (Å²) in [5, 5.41) is 8.46. The fourth-order valence-electron chi connectivity index (χ4n) is 1.67. The molecule has 0 unspecified atom stereocenters. The lowest BCUT2D eigenvalue weighted by Crippen LogP contribution is -2.03. The summed E-state index contributed by atoms with van der Waals surface area (Å²) in [7, 11) is 3.00. The highest BCUT2D eigenvalue weighted by atomic mass is 32.1. The maximum Gasteiger partial charge on any atom is 0.445 e. The first-order valence-corrected chi connectivity index (χ1v) is 6.61. The number of hydrogen-bond acceptors (Lipinski definition) is 6. The maximum atomic E-state index is 12.4. The molecule has 0 aliphatic heterocycles. The molecule has 0 saturated carbocycles. The van der Waals surface area contributed by atoms with Gasteiger partial charge >= 0.3 is 6.18 Å². The van der Waals surface area contributed by atoms with Gasteiger partial charge in [0.1, 0.15) is 0 Å². The molecule has 2 aromatic rings. The predicted octanol–water partition coefficient (Wildman–Crippen LogP) is 3.19. The van der Waals surface area contributed by atoms with Gasteiger partial charge in [0.05, 0.1) is 14.2 Å². The number of alkyl halides is 3. The molecule has 0 spiro atoms. The van der Waals surface area contributed by atoms with E-state index < -0.39 is 11.2 Å². The molecule has 0 amide bonds. The molecule has 0 aliphatic rings. The molecule has 0 aliphatic carbocycles. The third-order valence-electron chi connectivity index (χ3n) is 2.58. The molecule has 0 atom stereocenters. The highest BCUT2D eigenvalue weighted by molar-refractivity contribution is 7.15. The molecular weight excluding hydrogens is 307 g/mol. The molecule has 1 heterocycles. The van der Waals surface area contributed by atoms with E-state index in [0.717, 1.165) is 5.56 Å². The van der Waals surface area contributed by atoms with E-state index in [4.69, 9.17) is 9.47 Å². The van der Waals surface area contributed by atoms with Crippen LogP contribution in [0.1, 0.15) is 10.6 Å². The maximum absolute atomic E-state index is 12.4. The summed E-state index contributed by atoms with van der Waals surface area (Å²) in [6, 6.07) is 5.27.